The number of hydrogen-bond acceptors (Lipinski definition) is 3. The number of methoxy groups -OCH3 is 1. The average molecular weight is 434 g/mol. The smallest absolute Gasteiger partial charge is 0.311 e. The number of amides is 1. The maximum atomic E-state index is 13.0. The Hall–Kier alpha value is -2.88. The van der Waals surface area contributed by atoms with Crippen LogP contribution in [0, 0.1) is 5.92 Å². The van der Waals surface area contributed by atoms with Gasteiger partial charge >= 0.3 is 5.97 Å². The number of benzene rings is 2. The molecule has 0 aliphatic heterocycles. The molecule has 170 valence electrons. The quantitative estimate of drug-likeness (QED) is 0.384. The van der Waals surface area contributed by atoms with E-state index in [1.165, 1.54) is 24.7 Å². The van der Waals surface area contributed by atoms with Crippen LogP contribution in [0.5, 0.6) is 0 Å². The van der Waals surface area contributed by atoms with Crippen LogP contribution in [-0.4, -0.2) is 25.0 Å². The van der Waals surface area contributed by atoms with Gasteiger partial charge in [0, 0.05) is 11.6 Å². The first kappa shape index (κ1) is 23.8. The van der Waals surface area contributed by atoms with Crippen LogP contribution in [0.3, 0.4) is 0 Å². The van der Waals surface area contributed by atoms with Gasteiger partial charge in [-0.2, -0.15) is 0 Å². The summed E-state index contributed by atoms with van der Waals surface area (Å²) in [6.45, 7) is 4.14. The van der Waals surface area contributed by atoms with E-state index in [1.54, 1.807) is 0 Å². The largest absolute Gasteiger partial charge is 0.469 e. The minimum absolute atomic E-state index is 0.155. The van der Waals surface area contributed by atoms with Crippen LogP contribution in [-0.2, 0) is 16.0 Å². The predicted octanol–water partition coefficient (Wildman–Crippen LogP) is 6.10. The van der Waals surface area contributed by atoms with Gasteiger partial charge in [0.2, 0.25) is 0 Å². The Bertz CT molecular complexity index is 945. The highest BCUT2D eigenvalue weighted by Gasteiger charge is 2.30. The molecule has 4 nitrogen and oxygen atoms in total. The molecule has 1 aliphatic carbocycles. The molecule has 0 radical (unpaired) electrons. The Morgan fingerprint density at radius 2 is 1.81 bits per heavy atom. The van der Waals surface area contributed by atoms with E-state index in [2.05, 4.69) is 42.6 Å². The number of hydrogen-bond donors (Lipinski definition) is 1. The van der Waals surface area contributed by atoms with E-state index in [-0.39, 0.29) is 23.8 Å². The summed E-state index contributed by atoms with van der Waals surface area (Å²) >= 11 is 0. The van der Waals surface area contributed by atoms with E-state index >= 15 is 0 Å². The number of carbonyl (C=O) groups is 2. The van der Waals surface area contributed by atoms with Crippen LogP contribution < -0.4 is 5.32 Å². The van der Waals surface area contributed by atoms with Crippen LogP contribution in [0.2, 0.25) is 0 Å². The zero-order valence-electron chi connectivity index (χ0n) is 19.5. The Labute approximate surface area is 192 Å². The van der Waals surface area contributed by atoms with Crippen molar-refractivity contribution in [2.75, 3.05) is 7.11 Å². The molecule has 1 aliphatic rings. The summed E-state index contributed by atoms with van der Waals surface area (Å²) in [5.74, 6) is -0.777. The van der Waals surface area contributed by atoms with Crippen molar-refractivity contribution in [3.05, 3.63) is 71.3 Å². The summed E-state index contributed by atoms with van der Waals surface area (Å²) in [4.78, 5) is 25.5. The molecule has 0 heterocycles. The fourth-order valence-corrected chi connectivity index (χ4v) is 4.44. The first-order valence-corrected chi connectivity index (χ1v) is 11.8. The third kappa shape index (κ3) is 6.09. The summed E-state index contributed by atoms with van der Waals surface area (Å²) in [7, 11) is 1.42. The van der Waals surface area contributed by atoms with Gasteiger partial charge in [0.15, 0.2) is 0 Å². The van der Waals surface area contributed by atoms with Gasteiger partial charge in [-0.15, -0.1) is 0 Å². The third-order valence-corrected chi connectivity index (χ3v) is 6.43. The Morgan fingerprint density at radius 3 is 2.44 bits per heavy atom. The molecule has 0 bridgehead atoms. The first-order chi connectivity index (χ1) is 15.5. The van der Waals surface area contributed by atoms with E-state index in [0.29, 0.717) is 18.4 Å². The second-order valence-electron chi connectivity index (χ2n) is 8.56. The van der Waals surface area contributed by atoms with Crippen LogP contribution >= 0.6 is 0 Å². The third-order valence-electron chi connectivity index (χ3n) is 6.43. The van der Waals surface area contributed by atoms with Crippen molar-refractivity contribution in [2.45, 2.75) is 64.8 Å². The van der Waals surface area contributed by atoms with Gasteiger partial charge in [0.05, 0.1) is 13.0 Å². The lowest BCUT2D eigenvalue weighted by Crippen LogP contribution is -2.43. The predicted molar refractivity (Wildman–Crippen MR) is 129 cm³/mol. The summed E-state index contributed by atoms with van der Waals surface area (Å²) in [6.07, 6.45) is 9.03. The zero-order valence-corrected chi connectivity index (χ0v) is 19.5. The van der Waals surface area contributed by atoms with Crippen molar-refractivity contribution >= 4 is 11.9 Å². The molecular formula is C28H35NO3. The number of nitrogens with one attached hydrogen (secondary N) is 1. The van der Waals surface area contributed by atoms with Crippen LogP contribution in [0.25, 0.3) is 11.1 Å². The van der Waals surface area contributed by atoms with Crippen molar-refractivity contribution in [2.24, 2.45) is 5.92 Å². The number of rotatable bonds is 9. The van der Waals surface area contributed by atoms with Crippen LogP contribution in [0.15, 0.2) is 60.2 Å². The van der Waals surface area contributed by atoms with Gasteiger partial charge in [-0.3, -0.25) is 9.59 Å². The molecular weight excluding hydrogens is 398 g/mol. The molecule has 1 amide bonds. The van der Waals surface area contributed by atoms with E-state index in [0.717, 1.165) is 36.8 Å². The van der Waals surface area contributed by atoms with E-state index in [9.17, 15) is 9.59 Å². The van der Waals surface area contributed by atoms with E-state index < -0.39 is 0 Å². The second kappa shape index (κ2) is 11.7. The van der Waals surface area contributed by atoms with Crippen LogP contribution in [0.1, 0.15) is 68.3 Å². The number of carbonyl (C=O) groups excluding carboxylic acids is 2. The molecule has 0 unspecified atom stereocenters. The lowest BCUT2D eigenvalue weighted by Gasteiger charge is -2.27. The Kier molecular flexibility index (Phi) is 8.66. The summed E-state index contributed by atoms with van der Waals surface area (Å²) in [5.41, 5.74) is 5.42. The maximum absolute atomic E-state index is 13.0. The molecule has 2 aromatic rings. The Morgan fingerprint density at radius 1 is 1.03 bits per heavy atom. The van der Waals surface area contributed by atoms with Gasteiger partial charge in [0.25, 0.3) is 5.91 Å². The number of aryl methyl sites for hydroxylation is 1. The monoisotopic (exact) mass is 433 g/mol. The molecule has 0 saturated carbocycles. The SMILES string of the molecule is CCc1cccc(-c2ccc(C(=O)N[C@H](CC)[C@@H](CC3=CCCCC3)C(=O)OC)cc2)c1. The van der Waals surface area contributed by atoms with Crippen molar-refractivity contribution in [1.29, 1.82) is 0 Å². The molecule has 2 atom stereocenters. The van der Waals surface area contributed by atoms with E-state index in [4.69, 9.17) is 4.74 Å². The summed E-state index contributed by atoms with van der Waals surface area (Å²) in [5, 5.41) is 3.10. The van der Waals surface area contributed by atoms with E-state index in [1.807, 2.05) is 31.2 Å². The van der Waals surface area contributed by atoms with Crippen molar-refractivity contribution in [1.82, 2.24) is 5.32 Å². The minimum Gasteiger partial charge on any atom is -0.469 e. The van der Waals surface area contributed by atoms with Crippen molar-refractivity contribution in [3.8, 4) is 11.1 Å². The topological polar surface area (TPSA) is 55.4 Å². The van der Waals surface area contributed by atoms with Gasteiger partial charge in [-0.1, -0.05) is 61.9 Å². The lowest BCUT2D eigenvalue weighted by atomic mass is 9.86. The molecule has 0 fully saturated rings. The maximum Gasteiger partial charge on any atom is 0.311 e. The summed E-state index contributed by atoms with van der Waals surface area (Å²) < 4.78 is 5.09. The van der Waals surface area contributed by atoms with Gasteiger partial charge in [-0.05, 0) is 73.8 Å². The highest BCUT2D eigenvalue weighted by atomic mass is 16.5. The first-order valence-electron chi connectivity index (χ1n) is 11.8. The molecule has 4 heteroatoms. The zero-order chi connectivity index (χ0) is 22.9. The molecule has 0 spiro atoms. The van der Waals surface area contributed by atoms with Crippen LogP contribution in [0.4, 0.5) is 0 Å². The minimum atomic E-state index is -0.366. The fourth-order valence-electron chi connectivity index (χ4n) is 4.44. The normalized spacial score (nSPS) is 15.4. The average Bonchev–Trinajstić information content (AvgIpc) is 2.86. The highest BCUT2D eigenvalue weighted by Crippen LogP contribution is 2.27. The molecule has 0 saturated heterocycles. The van der Waals surface area contributed by atoms with Crippen molar-refractivity contribution < 1.29 is 14.3 Å². The molecule has 2 aromatic carbocycles. The molecule has 3 rings (SSSR count). The fraction of sp³-hybridized carbons (Fsp3) is 0.429. The number of ether oxygens (including phenoxy) is 1. The highest BCUT2D eigenvalue weighted by molar-refractivity contribution is 5.95. The summed E-state index contributed by atoms with van der Waals surface area (Å²) in [6, 6.07) is 15.9. The molecule has 0 aromatic heterocycles. The molecule has 32 heavy (non-hydrogen) atoms. The molecule has 1 N–H and O–H groups in total. The second-order valence-corrected chi connectivity index (χ2v) is 8.56. The number of esters is 1. The van der Waals surface area contributed by atoms with Crippen molar-refractivity contribution in [3.63, 3.8) is 0 Å². The van der Waals surface area contributed by atoms with Gasteiger partial charge in [0.1, 0.15) is 0 Å². The lowest BCUT2D eigenvalue weighted by molar-refractivity contribution is -0.146. The van der Waals surface area contributed by atoms with Gasteiger partial charge < -0.3 is 10.1 Å². The number of allylic oxidation sites excluding steroid dienone is 2. The Balaban J connectivity index is 1.72. The van der Waals surface area contributed by atoms with Gasteiger partial charge in [-0.25, -0.2) is 0 Å². The standard InChI is InChI=1S/C28H35NO3/c1-4-20-12-9-13-24(18-20)22-14-16-23(17-15-22)27(30)29-26(5-2)25(28(31)32-3)19-21-10-7-6-8-11-21/h9-10,12-18,25-26H,4-8,11,19H2,1-3H3,(H,29,30)/t25-,26-/m1/s1.